The number of carboxylic acid groups (broad SMARTS) is 1. The van der Waals surface area contributed by atoms with Crippen LogP contribution in [0.3, 0.4) is 0 Å². The maximum Gasteiger partial charge on any atom is 0.761 e. The number of unbranched alkanes of at least 4 members (excludes halogenated alkanes) is 14. The van der Waals surface area contributed by atoms with E-state index in [2.05, 4.69) is 6.92 Å². The molecule has 0 aromatic carbocycles. The first-order chi connectivity index (χ1) is 11.5. The molecule has 5 nitrogen and oxygen atoms in total. The summed E-state index contributed by atoms with van der Waals surface area (Å²) in [6.07, 6.45) is 20.2. The Balaban J connectivity index is -0.000000867. The summed E-state index contributed by atoms with van der Waals surface area (Å²) >= 11 is 0. The Hall–Kier alpha value is -0.147. The van der Waals surface area contributed by atoms with E-state index >= 15 is 0 Å². The van der Waals surface area contributed by atoms with E-state index in [0.717, 1.165) is 12.8 Å². The number of carboxylic acids is 1. The van der Waals surface area contributed by atoms with Crippen molar-refractivity contribution in [3.05, 3.63) is 0 Å². The van der Waals surface area contributed by atoms with Gasteiger partial charge in [-0.2, -0.15) is 0 Å². The molecule has 0 amide bonds. The average molecular weight is 389 g/mol. The van der Waals surface area contributed by atoms with E-state index in [4.69, 9.17) is 19.2 Å². The van der Waals surface area contributed by atoms with Crippen LogP contribution in [0.2, 0.25) is 0 Å². The van der Waals surface area contributed by atoms with Crippen LogP contribution in [-0.4, -0.2) is 52.9 Å². The predicted molar refractivity (Wildman–Crippen MR) is 107 cm³/mol. The molecule has 0 saturated carbocycles. The van der Waals surface area contributed by atoms with E-state index in [9.17, 15) is 4.79 Å². The molecule has 0 aromatic rings. The van der Waals surface area contributed by atoms with Crippen molar-refractivity contribution in [1.82, 2.24) is 0 Å². The molecule has 0 aliphatic heterocycles. The van der Waals surface area contributed by atoms with Gasteiger partial charge in [-0.15, -0.1) is 0 Å². The van der Waals surface area contributed by atoms with Crippen molar-refractivity contribution in [1.29, 1.82) is 0 Å². The molecular formula is C18H40MgO5Si. The third-order valence-corrected chi connectivity index (χ3v) is 3.99. The highest BCUT2D eigenvalue weighted by Crippen LogP contribution is 2.13. The van der Waals surface area contributed by atoms with E-state index < -0.39 is 15.1 Å². The minimum atomic E-state index is -3.13. The SMILES string of the molecule is CCCCCCCCCCCCCCCCCC(=O)O.O=[Si](O)O.[MgH2]. The second-order valence-corrected chi connectivity index (χ2v) is 6.94. The van der Waals surface area contributed by atoms with Gasteiger partial charge in [0.25, 0.3) is 0 Å². The Kier molecular flexibility index (Phi) is 30.9. The lowest BCUT2D eigenvalue weighted by Gasteiger charge is -2.03. The van der Waals surface area contributed by atoms with E-state index in [0.29, 0.717) is 6.42 Å². The zero-order chi connectivity index (χ0) is 18.5. The summed E-state index contributed by atoms with van der Waals surface area (Å²) in [5.41, 5.74) is 0. The minimum Gasteiger partial charge on any atom is -0.511 e. The van der Waals surface area contributed by atoms with Gasteiger partial charge in [0, 0.05) is 6.42 Å². The van der Waals surface area contributed by atoms with Gasteiger partial charge in [-0.25, -0.2) is 0 Å². The van der Waals surface area contributed by atoms with Crippen molar-refractivity contribution < 1.29 is 24.0 Å². The molecule has 0 aliphatic carbocycles. The van der Waals surface area contributed by atoms with Gasteiger partial charge >= 0.3 is 38.2 Å². The van der Waals surface area contributed by atoms with Gasteiger partial charge in [0.15, 0.2) is 0 Å². The maximum atomic E-state index is 10.3. The average Bonchev–Trinajstić information content (AvgIpc) is 2.50. The van der Waals surface area contributed by atoms with Crippen molar-refractivity contribution in [3.8, 4) is 0 Å². The van der Waals surface area contributed by atoms with Gasteiger partial charge < -0.3 is 14.7 Å². The highest BCUT2D eigenvalue weighted by Gasteiger charge is 1.97. The zero-order valence-corrected chi connectivity index (χ0v) is 16.5. The molecule has 0 rings (SSSR count). The molecule has 7 heteroatoms. The lowest BCUT2D eigenvalue weighted by molar-refractivity contribution is -0.137. The van der Waals surface area contributed by atoms with Crippen molar-refractivity contribution in [2.45, 2.75) is 110 Å². The largest absolute Gasteiger partial charge is 0.761 e. The standard InChI is InChI=1S/C18H36O2.Mg.H2O3Si.2H/c1-2-3-4-5-6-7-8-9-10-11-12-13-14-15-16-17-18(19)20;;1-4(2)3;;/h2-17H2,1H3,(H,19,20);;1-2H;;. The molecular weight excluding hydrogens is 349 g/mol. The van der Waals surface area contributed by atoms with Gasteiger partial charge in [0.1, 0.15) is 0 Å². The van der Waals surface area contributed by atoms with E-state index in [-0.39, 0.29) is 23.1 Å². The van der Waals surface area contributed by atoms with Gasteiger partial charge in [0.2, 0.25) is 0 Å². The Morgan fingerprint density at radius 2 is 0.920 bits per heavy atom. The van der Waals surface area contributed by atoms with Gasteiger partial charge in [0.05, 0.1) is 0 Å². The summed E-state index contributed by atoms with van der Waals surface area (Å²) in [5.74, 6) is -0.653. The Labute approximate surface area is 171 Å². The number of hydrogen-bond donors (Lipinski definition) is 3. The first-order valence-electron chi connectivity index (χ1n) is 9.64. The topological polar surface area (TPSA) is 94.8 Å². The smallest absolute Gasteiger partial charge is 0.511 e. The van der Waals surface area contributed by atoms with Crippen LogP contribution in [0.15, 0.2) is 0 Å². The fourth-order valence-corrected chi connectivity index (χ4v) is 2.65. The molecule has 0 unspecified atom stereocenters. The fourth-order valence-electron chi connectivity index (χ4n) is 2.65. The van der Waals surface area contributed by atoms with Crippen LogP contribution in [0.5, 0.6) is 0 Å². The Morgan fingerprint density at radius 3 is 1.16 bits per heavy atom. The molecule has 148 valence electrons. The molecule has 3 N–H and O–H groups in total. The summed E-state index contributed by atoms with van der Waals surface area (Å²) in [5, 5.41) is 8.52. The third-order valence-electron chi connectivity index (χ3n) is 3.99. The lowest BCUT2D eigenvalue weighted by atomic mass is 10.0. The molecule has 0 spiro atoms. The van der Waals surface area contributed by atoms with Crippen molar-refractivity contribution in [3.63, 3.8) is 0 Å². The highest BCUT2D eigenvalue weighted by atomic mass is 28.3. The Bertz CT molecular complexity index is 287. The second kappa shape index (κ2) is 26.1. The monoisotopic (exact) mass is 388 g/mol. The summed E-state index contributed by atoms with van der Waals surface area (Å²) in [6, 6.07) is 0. The van der Waals surface area contributed by atoms with Crippen LogP contribution in [0.1, 0.15) is 110 Å². The van der Waals surface area contributed by atoms with E-state index in [1.807, 2.05) is 0 Å². The predicted octanol–water partition coefficient (Wildman–Crippen LogP) is 3.80. The summed E-state index contributed by atoms with van der Waals surface area (Å²) in [6.45, 7) is 2.27. The minimum absolute atomic E-state index is 0. The molecule has 0 radical (unpaired) electrons. The molecule has 0 aromatic heterocycles. The molecule has 25 heavy (non-hydrogen) atoms. The summed E-state index contributed by atoms with van der Waals surface area (Å²) in [7, 11) is -3.13. The molecule has 0 bridgehead atoms. The third kappa shape index (κ3) is 40.1. The van der Waals surface area contributed by atoms with Crippen LogP contribution in [0, 0.1) is 0 Å². The van der Waals surface area contributed by atoms with Crippen molar-refractivity contribution in [2.24, 2.45) is 0 Å². The molecule has 0 fully saturated rings. The maximum absolute atomic E-state index is 10.3. The van der Waals surface area contributed by atoms with E-state index in [1.165, 1.54) is 83.5 Å². The normalized spacial score (nSPS) is 9.64. The van der Waals surface area contributed by atoms with Crippen LogP contribution < -0.4 is 0 Å². The first-order valence-corrected chi connectivity index (χ1v) is 10.9. The molecule has 0 aliphatic rings. The van der Waals surface area contributed by atoms with Gasteiger partial charge in [-0.1, -0.05) is 96.8 Å². The summed E-state index contributed by atoms with van der Waals surface area (Å²) in [4.78, 5) is 24.6. The van der Waals surface area contributed by atoms with Crippen LogP contribution >= 0.6 is 0 Å². The molecule has 0 atom stereocenters. The molecule has 0 heterocycles. The second-order valence-electron chi connectivity index (χ2n) is 6.38. The van der Waals surface area contributed by atoms with Gasteiger partial charge in [-0.3, -0.25) is 9.26 Å². The van der Waals surface area contributed by atoms with Crippen LogP contribution in [0.4, 0.5) is 0 Å². The zero-order valence-electron chi connectivity index (χ0n) is 15.5. The fraction of sp³-hybridized carbons (Fsp3) is 0.944. The van der Waals surface area contributed by atoms with Crippen LogP contribution in [0.25, 0.3) is 0 Å². The quantitative estimate of drug-likeness (QED) is 0.276. The number of rotatable bonds is 16. The Morgan fingerprint density at radius 1 is 0.680 bits per heavy atom. The van der Waals surface area contributed by atoms with Crippen LogP contribution in [-0.2, 0) is 9.26 Å². The number of aliphatic carboxylic acids is 1. The van der Waals surface area contributed by atoms with E-state index in [1.54, 1.807) is 0 Å². The van der Waals surface area contributed by atoms with Gasteiger partial charge in [-0.05, 0) is 6.42 Å². The molecule has 0 saturated heterocycles. The first kappa shape index (κ1) is 29.6. The lowest BCUT2D eigenvalue weighted by Crippen LogP contribution is -1.93. The van der Waals surface area contributed by atoms with Crippen molar-refractivity contribution >= 4 is 38.2 Å². The highest BCUT2D eigenvalue weighted by molar-refractivity contribution is 6.22. The summed E-state index contributed by atoms with van der Waals surface area (Å²) < 4.78 is 8.74. The number of carbonyl (C=O) groups is 1. The number of hydrogen-bond acceptors (Lipinski definition) is 2. The van der Waals surface area contributed by atoms with Crippen molar-refractivity contribution in [2.75, 3.05) is 0 Å².